The van der Waals surface area contributed by atoms with E-state index >= 15 is 0 Å². The van der Waals surface area contributed by atoms with E-state index in [4.69, 9.17) is 0 Å². The van der Waals surface area contributed by atoms with Crippen LogP contribution in [0.1, 0.15) is 32.4 Å². The number of nitrogens with zero attached hydrogens (tertiary/aromatic N) is 2. The second-order valence-corrected chi connectivity index (χ2v) is 5.44. The van der Waals surface area contributed by atoms with Gasteiger partial charge in [-0.25, -0.2) is 0 Å². The van der Waals surface area contributed by atoms with Gasteiger partial charge in [-0.15, -0.1) is 0 Å². The molecule has 2 atom stereocenters. The molecule has 19 heavy (non-hydrogen) atoms. The molecule has 0 spiro atoms. The predicted molar refractivity (Wildman–Crippen MR) is 75.8 cm³/mol. The largest absolute Gasteiger partial charge is 0.340 e. The van der Waals surface area contributed by atoms with Crippen LogP contribution in [0.4, 0.5) is 0 Å². The number of pyridine rings is 1. The lowest BCUT2D eigenvalue weighted by Crippen LogP contribution is -2.55. The summed E-state index contributed by atoms with van der Waals surface area (Å²) in [6.07, 6.45) is 4.18. The van der Waals surface area contributed by atoms with Crippen molar-refractivity contribution in [3.05, 3.63) is 30.1 Å². The van der Waals surface area contributed by atoms with Gasteiger partial charge in [0.1, 0.15) is 0 Å². The molecule has 2 rings (SSSR count). The molecule has 1 saturated heterocycles. The molecule has 4 nitrogen and oxygen atoms in total. The number of carbonyl (C=O) groups is 1. The number of hydrogen-bond donors (Lipinski definition) is 1. The Hall–Kier alpha value is -1.42. The van der Waals surface area contributed by atoms with Crippen molar-refractivity contribution in [1.82, 2.24) is 15.2 Å². The van der Waals surface area contributed by atoms with Gasteiger partial charge in [0.2, 0.25) is 5.91 Å². The number of amides is 1. The molecule has 1 fully saturated rings. The van der Waals surface area contributed by atoms with E-state index in [0.717, 1.165) is 31.6 Å². The van der Waals surface area contributed by atoms with Crippen molar-refractivity contribution in [2.45, 2.75) is 45.2 Å². The predicted octanol–water partition coefficient (Wildman–Crippen LogP) is 1.61. The molecule has 0 saturated carbocycles. The van der Waals surface area contributed by atoms with E-state index in [9.17, 15) is 4.79 Å². The second-order valence-electron chi connectivity index (χ2n) is 5.44. The van der Waals surface area contributed by atoms with Crippen molar-refractivity contribution < 1.29 is 4.79 Å². The maximum absolute atomic E-state index is 12.2. The van der Waals surface area contributed by atoms with Crippen molar-refractivity contribution in [3.63, 3.8) is 0 Å². The summed E-state index contributed by atoms with van der Waals surface area (Å²) in [4.78, 5) is 18.4. The van der Waals surface area contributed by atoms with Crippen LogP contribution in [0.5, 0.6) is 0 Å². The molecular weight excluding hydrogens is 238 g/mol. The highest BCUT2D eigenvalue weighted by Crippen LogP contribution is 2.09. The zero-order valence-electron chi connectivity index (χ0n) is 11.8. The topological polar surface area (TPSA) is 45.2 Å². The SMILES string of the molecule is C[C@@H]1CN(C(=O)CCCc2ccccn2)C[C@@H](C)N1. The molecule has 4 heteroatoms. The summed E-state index contributed by atoms with van der Waals surface area (Å²) in [6, 6.07) is 6.70. The van der Waals surface area contributed by atoms with Gasteiger partial charge in [-0.2, -0.15) is 0 Å². The number of nitrogens with one attached hydrogen (secondary N) is 1. The van der Waals surface area contributed by atoms with E-state index in [2.05, 4.69) is 24.1 Å². The molecule has 0 aliphatic carbocycles. The summed E-state index contributed by atoms with van der Waals surface area (Å²) in [7, 11) is 0. The summed E-state index contributed by atoms with van der Waals surface area (Å²) in [5.74, 6) is 0.274. The summed E-state index contributed by atoms with van der Waals surface area (Å²) < 4.78 is 0. The first-order valence-electron chi connectivity index (χ1n) is 7.09. The molecule has 0 unspecified atom stereocenters. The van der Waals surface area contributed by atoms with Crippen molar-refractivity contribution in [1.29, 1.82) is 0 Å². The summed E-state index contributed by atoms with van der Waals surface area (Å²) >= 11 is 0. The lowest BCUT2D eigenvalue weighted by atomic mass is 10.1. The zero-order chi connectivity index (χ0) is 13.7. The fourth-order valence-corrected chi connectivity index (χ4v) is 2.66. The smallest absolute Gasteiger partial charge is 0.222 e. The Kier molecular flexibility index (Phi) is 4.91. The Labute approximate surface area is 115 Å². The van der Waals surface area contributed by atoms with Gasteiger partial charge in [-0.1, -0.05) is 6.07 Å². The lowest BCUT2D eigenvalue weighted by molar-refractivity contribution is -0.133. The Balaban J connectivity index is 1.75. The molecule has 1 aliphatic heterocycles. The molecule has 1 amide bonds. The van der Waals surface area contributed by atoms with Gasteiger partial charge in [0.15, 0.2) is 0 Å². The Morgan fingerprint density at radius 1 is 1.37 bits per heavy atom. The van der Waals surface area contributed by atoms with E-state index in [1.165, 1.54) is 0 Å². The molecule has 0 bridgehead atoms. The molecule has 0 radical (unpaired) electrons. The minimum Gasteiger partial charge on any atom is -0.340 e. The van der Waals surface area contributed by atoms with Crippen LogP contribution in [0.25, 0.3) is 0 Å². The van der Waals surface area contributed by atoms with Gasteiger partial charge >= 0.3 is 0 Å². The first kappa shape index (κ1) is 14.0. The Bertz CT molecular complexity index is 397. The summed E-state index contributed by atoms with van der Waals surface area (Å²) in [5, 5.41) is 3.44. The van der Waals surface area contributed by atoms with Gasteiger partial charge in [0, 0.05) is 43.5 Å². The van der Waals surface area contributed by atoms with E-state index in [-0.39, 0.29) is 5.91 Å². The normalized spacial score (nSPS) is 23.4. The number of hydrogen-bond acceptors (Lipinski definition) is 3. The number of carbonyl (C=O) groups excluding carboxylic acids is 1. The number of aryl methyl sites for hydroxylation is 1. The van der Waals surface area contributed by atoms with Crippen LogP contribution in [-0.4, -0.2) is 41.0 Å². The number of rotatable bonds is 4. The van der Waals surface area contributed by atoms with Crippen LogP contribution >= 0.6 is 0 Å². The van der Waals surface area contributed by atoms with Gasteiger partial charge in [-0.05, 0) is 38.8 Å². The van der Waals surface area contributed by atoms with E-state index in [1.807, 2.05) is 23.1 Å². The second kappa shape index (κ2) is 6.66. The minimum atomic E-state index is 0.274. The summed E-state index contributed by atoms with van der Waals surface area (Å²) in [5.41, 5.74) is 1.07. The zero-order valence-corrected chi connectivity index (χ0v) is 11.8. The molecule has 2 heterocycles. The molecule has 1 aliphatic rings. The van der Waals surface area contributed by atoms with E-state index in [1.54, 1.807) is 6.20 Å². The van der Waals surface area contributed by atoms with Gasteiger partial charge in [0.05, 0.1) is 0 Å². The van der Waals surface area contributed by atoms with Crippen molar-refractivity contribution in [2.75, 3.05) is 13.1 Å². The quantitative estimate of drug-likeness (QED) is 0.895. The average molecular weight is 261 g/mol. The molecule has 1 N–H and O–H groups in total. The van der Waals surface area contributed by atoms with Crippen LogP contribution in [0.3, 0.4) is 0 Å². The highest BCUT2D eigenvalue weighted by Gasteiger charge is 2.24. The Morgan fingerprint density at radius 2 is 2.11 bits per heavy atom. The van der Waals surface area contributed by atoms with E-state index in [0.29, 0.717) is 18.5 Å². The van der Waals surface area contributed by atoms with Crippen LogP contribution in [0.15, 0.2) is 24.4 Å². The van der Waals surface area contributed by atoms with Crippen molar-refractivity contribution >= 4 is 5.91 Å². The maximum atomic E-state index is 12.2. The van der Waals surface area contributed by atoms with Gasteiger partial charge < -0.3 is 10.2 Å². The van der Waals surface area contributed by atoms with E-state index < -0.39 is 0 Å². The number of aromatic nitrogens is 1. The molecule has 104 valence electrons. The van der Waals surface area contributed by atoms with Crippen LogP contribution < -0.4 is 5.32 Å². The fraction of sp³-hybridized carbons (Fsp3) is 0.600. The van der Waals surface area contributed by atoms with Gasteiger partial charge in [0.25, 0.3) is 0 Å². The van der Waals surface area contributed by atoms with Crippen molar-refractivity contribution in [3.8, 4) is 0 Å². The first-order valence-corrected chi connectivity index (χ1v) is 7.09. The fourth-order valence-electron chi connectivity index (χ4n) is 2.66. The van der Waals surface area contributed by atoms with Crippen LogP contribution in [0, 0.1) is 0 Å². The third-order valence-corrected chi connectivity index (χ3v) is 3.46. The van der Waals surface area contributed by atoms with Crippen LogP contribution in [-0.2, 0) is 11.2 Å². The highest BCUT2D eigenvalue weighted by atomic mass is 16.2. The monoisotopic (exact) mass is 261 g/mol. The molecular formula is C15H23N3O. The molecule has 0 aromatic carbocycles. The minimum absolute atomic E-state index is 0.274. The van der Waals surface area contributed by atoms with Crippen LogP contribution in [0.2, 0.25) is 0 Å². The standard InChI is InChI=1S/C15H23N3O/c1-12-10-18(11-13(2)17-12)15(19)8-5-7-14-6-3-4-9-16-14/h3-4,6,9,12-13,17H,5,7-8,10-11H2,1-2H3/t12-,13-/m1/s1. The average Bonchev–Trinajstić information content (AvgIpc) is 2.38. The molecule has 1 aromatic heterocycles. The highest BCUT2D eigenvalue weighted by molar-refractivity contribution is 5.76. The van der Waals surface area contributed by atoms with Crippen molar-refractivity contribution in [2.24, 2.45) is 0 Å². The third-order valence-electron chi connectivity index (χ3n) is 3.46. The first-order chi connectivity index (χ1) is 9.15. The Morgan fingerprint density at radius 3 is 2.74 bits per heavy atom. The lowest BCUT2D eigenvalue weighted by Gasteiger charge is -2.36. The van der Waals surface area contributed by atoms with Gasteiger partial charge in [-0.3, -0.25) is 9.78 Å². The summed E-state index contributed by atoms with van der Waals surface area (Å²) in [6.45, 7) is 5.91. The maximum Gasteiger partial charge on any atom is 0.222 e. The molecule has 1 aromatic rings. The third kappa shape index (κ3) is 4.31. The number of piperazine rings is 1.